The van der Waals surface area contributed by atoms with Gasteiger partial charge in [-0.3, -0.25) is 14.5 Å². The summed E-state index contributed by atoms with van der Waals surface area (Å²) < 4.78 is 0. The molecule has 1 aromatic heterocycles. The molecule has 140 valence electrons. The molecule has 0 bridgehead atoms. The van der Waals surface area contributed by atoms with Crippen molar-refractivity contribution in [2.75, 3.05) is 26.7 Å². The van der Waals surface area contributed by atoms with Gasteiger partial charge >= 0.3 is 0 Å². The fraction of sp³-hybridized carbons (Fsp3) is 0.722. The number of hydrogen-bond donors (Lipinski definition) is 1. The molecule has 1 aliphatic rings. The van der Waals surface area contributed by atoms with E-state index in [1.54, 1.807) is 23.3 Å². The molecule has 1 unspecified atom stereocenters. The largest absolute Gasteiger partial charge is 0.353 e. The second kappa shape index (κ2) is 8.76. The van der Waals surface area contributed by atoms with E-state index in [4.69, 9.17) is 0 Å². The SMILES string of the molecule is CC(C)CN1CCNC(=O)C1CC(=O)N(C)Cc1csc(C(C)C)n1. The second-order valence-electron chi connectivity index (χ2n) is 7.48. The van der Waals surface area contributed by atoms with Gasteiger partial charge in [0.15, 0.2) is 0 Å². The summed E-state index contributed by atoms with van der Waals surface area (Å²) in [5, 5.41) is 5.98. The van der Waals surface area contributed by atoms with Crippen LogP contribution in [0.5, 0.6) is 0 Å². The summed E-state index contributed by atoms with van der Waals surface area (Å²) in [6, 6.07) is -0.368. The van der Waals surface area contributed by atoms with Gasteiger partial charge in [0.05, 0.1) is 29.7 Å². The van der Waals surface area contributed by atoms with E-state index in [1.165, 1.54) is 0 Å². The van der Waals surface area contributed by atoms with E-state index in [0.717, 1.165) is 23.8 Å². The Morgan fingerprint density at radius 2 is 2.16 bits per heavy atom. The molecule has 1 aliphatic heterocycles. The minimum Gasteiger partial charge on any atom is -0.353 e. The molecule has 2 heterocycles. The van der Waals surface area contributed by atoms with Crippen LogP contribution >= 0.6 is 11.3 Å². The van der Waals surface area contributed by atoms with Crippen LogP contribution in [0.25, 0.3) is 0 Å². The molecule has 2 rings (SSSR count). The van der Waals surface area contributed by atoms with Crippen LogP contribution in [0.3, 0.4) is 0 Å². The average molecular weight is 367 g/mol. The Labute approximate surface area is 154 Å². The maximum absolute atomic E-state index is 12.6. The number of aromatic nitrogens is 1. The third-order valence-corrected chi connectivity index (χ3v) is 5.49. The number of nitrogens with one attached hydrogen (secondary N) is 1. The Balaban J connectivity index is 1.96. The lowest BCUT2D eigenvalue weighted by Gasteiger charge is -2.36. The van der Waals surface area contributed by atoms with Gasteiger partial charge in [0.1, 0.15) is 0 Å². The highest BCUT2D eigenvalue weighted by Gasteiger charge is 2.32. The third-order valence-electron chi connectivity index (χ3n) is 4.30. The van der Waals surface area contributed by atoms with E-state index >= 15 is 0 Å². The van der Waals surface area contributed by atoms with Gasteiger partial charge in [-0.05, 0) is 5.92 Å². The van der Waals surface area contributed by atoms with Crippen molar-refractivity contribution in [2.24, 2.45) is 5.92 Å². The summed E-state index contributed by atoms with van der Waals surface area (Å²) >= 11 is 1.63. The average Bonchev–Trinajstić information content (AvgIpc) is 2.98. The van der Waals surface area contributed by atoms with Crippen molar-refractivity contribution in [1.82, 2.24) is 20.1 Å². The zero-order valence-corrected chi connectivity index (χ0v) is 16.7. The van der Waals surface area contributed by atoms with Crippen LogP contribution in [0.2, 0.25) is 0 Å². The Kier molecular flexibility index (Phi) is 6.95. The molecule has 0 aliphatic carbocycles. The molecule has 25 heavy (non-hydrogen) atoms. The monoisotopic (exact) mass is 366 g/mol. The molecule has 1 fully saturated rings. The van der Waals surface area contributed by atoms with Gasteiger partial charge < -0.3 is 10.2 Å². The Morgan fingerprint density at radius 1 is 1.44 bits per heavy atom. The Hall–Kier alpha value is -1.47. The summed E-state index contributed by atoms with van der Waals surface area (Å²) in [4.78, 5) is 33.3. The first-order valence-corrected chi connectivity index (χ1v) is 9.86. The smallest absolute Gasteiger partial charge is 0.237 e. The minimum atomic E-state index is -0.368. The normalized spacial score (nSPS) is 18.7. The van der Waals surface area contributed by atoms with Crippen molar-refractivity contribution < 1.29 is 9.59 Å². The van der Waals surface area contributed by atoms with Crippen LogP contribution in [-0.2, 0) is 16.1 Å². The number of piperazine rings is 1. The zero-order chi connectivity index (χ0) is 18.6. The maximum Gasteiger partial charge on any atom is 0.237 e. The van der Waals surface area contributed by atoms with Crippen LogP contribution in [0.15, 0.2) is 5.38 Å². The topological polar surface area (TPSA) is 65.5 Å². The lowest BCUT2D eigenvalue weighted by molar-refractivity contribution is -0.138. The molecule has 2 amide bonds. The van der Waals surface area contributed by atoms with Crippen molar-refractivity contribution in [3.05, 3.63) is 16.1 Å². The first-order chi connectivity index (χ1) is 11.8. The van der Waals surface area contributed by atoms with Crippen molar-refractivity contribution in [2.45, 2.75) is 52.6 Å². The van der Waals surface area contributed by atoms with E-state index < -0.39 is 0 Å². The quantitative estimate of drug-likeness (QED) is 0.802. The van der Waals surface area contributed by atoms with Crippen molar-refractivity contribution >= 4 is 23.2 Å². The molecule has 1 aromatic rings. The van der Waals surface area contributed by atoms with Crippen LogP contribution in [0.4, 0.5) is 0 Å². The number of rotatable bonds is 7. The molecule has 0 saturated carbocycles. The van der Waals surface area contributed by atoms with E-state index in [0.29, 0.717) is 24.9 Å². The van der Waals surface area contributed by atoms with Gasteiger partial charge in [-0.2, -0.15) is 0 Å². The van der Waals surface area contributed by atoms with Crippen LogP contribution in [0, 0.1) is 5.92 Å². The number of carbonyl (C=O) groups is 2. The predicted molar refractivity (Wildman–Crippen MR) is 101 cm³/mol. The molecule has 0 radical (unpaired) electrons. The van der Waals surface area contributed by atoms with Gasteiger partial charge in [0.2, 0.25) is 11.8 Å². The first kappa shape index (κ1) is 19.8. The van der Waals surface area contributed by atoms with Gasteiger partial charge in [-0.15, -0.1) is 11.3 Å². The van der Waals surface area contributed by atoms with Gasteiger partial charge in [-0.1, -0.05) is 27.7 Å². The second-order valence-corrected chi connectivity index (χ2v) is 8.37. The molecule has 7 heteroatoms. The molecular weight excluding hydrogens is 336 g/mol. The summed E-state index contributed by atoms with van der Waals surface area (Å²) in [6.45, 7) is 11.3. The van der Waals surface area contributed by atoms with Crippen molar-refractivity contribution in [1.29, 1.82) is 0 Å². The van der Waals surface area contributed by atoms with Gasteiger partial charge in [0.25, 0.3) is 0 Å². The first-order valence-electron chi connectivity index (χ1n) is 8.98. The van der Waals surface area contributed by atoms with Crippen LogP contribution < -0.4 is 5.32 Å². The molecular formula is C18H30N4O2S. The molecule has 0 aromatic carbocycles. The predicted octanol–water partition coefficient (Wildman–Crippen LogP) is 2.07. The lowest BCUT2D eigenvalue weighted by Crippen LogP contribution is -2.57. The molecule has 1 N–H and O–H groups in total. The maximum atomic E-state index is 12.6. The number of nitrogens with zero attached hydrogens (tertiary/aromatic N) is 3. The van der Waals surface area contributed by atoms with E-state index in [2.05, 4.69) is 42.9 Å². The van der Waals surface area contributed by atoms with E-state index in [1.807, 2.05) is 5.38 Å². The lowest BCUT2D eigenvalue weighted by atomic mass is 10.1. The van der Waals surface area contributed by atoms with E-state index in [-0.39, 0.29) is 24.3 Å². The highest BCUT2D eigenvalue weighted by atomic mass is 32.1. The highest BCUT2D eigenvalue weighted by Crippen LogP contribution is 2.20. The standard InChI is InChI=1S/C18H30N4O2S/c1-12(2)9-22-7-6-19-17(24)15(22)8-16(23)21(5)10-14-11-25-18(20-14)13(3)4/h11-13,15H,6-10H2,1-5H3,(H,19,24). The van der Waals surface area contributed by atoms with Gasteiger partial charge in [-0.25, -0.2) is 4.98 Å². The summed E-state index contributed by atoms with van der Waals surface area (Å²) in [6.07, 6.45) is 0.218. The number of thiazole rings is 1. The van der Waals surface area contributed by atoms with Crippen molar-refractivity contribution in [3.63, 3.8) is 0 Å². The number of carbonyl (C=O) groups excluding carboxylic acids is 2. The summed E-state index contributed by atoms with van der Waals surface area (Å²) in [5.74, 6) is 0.806. The summed E-state index contributed by atoms with van der Waals surface area (Å²) in [5.41, 5.74) is 0.914. The zero-order valence-electron chi connectivity index (χ0n) is 15.9. The molecule has 6 nitrogen and oxygen atoms in total. The molecule has 0 spiro atoms. The fourth-order valence-corrected chi connectivity index (χ4v) is 3.81. The molecule has 1 atom stereocenters. The minimum absolute atomic E-state index is 0.0186. The Morgan fingerprint density at radius 3 is 2.76 bits per heavy atom. The number of hydrogen-bond acceptors (Lipinski definition) is 5. The van der Waals surface area contributed by atoms with Crippen molar-refractivity contribution in [3.8, 4) is 0 Å². The summed E-state index contributed by atoms with van der Waals surface area (Å²) in [7, 11) is 1.78. The highest BCUT2D eigenvalue weighted by molar-refractivity contribution is 7.09. The fourth-order valence-electron chi connectivity index (χ4n) is 2.98. The number of amides is 2. The molecule has 1 saturated heterocycles. The Bertz CT molecular complexity index is 600. The third kappa shape index (κ3) is 5.51. The van der Waals surface area contributed by atoms with Crippen LogP contribution in [0.1, 0.15) is 50.7 Å². The van der Waals surface area contributed by atoms with Crippen LogP contribution in [-0.4, -0.2) is 59.3 Å². The van der Waals surface area contributed by atoms with E-state index in [9.17, 15) is 9.59 Å². The van der Waals surface area contributed by atoms with Gasteiger partial charge in [0, 0.05) is 38.0 Å².